The Kier molecular flexibility index (Phi) is 14.5. The lowest BCUT2D eigenvalue weighted by molar-refractivity contribution is 1.07. The summed E-state index contributed by atoms with van der Waals surface area (Å²) < 4.78 is 4.48. The molecule has 0 bridgehead atoms. The predicted molar refractivity (Wildman–Crippen MR) is 379 cm³/mol. The number of rotatable bonds is 10. The van der Waals surface area contributed by atoms with E-state index in [9.17, 15) is 26.3 Å². The number of fused-ring (bicyclic) bond motifs is 6. The Morgan fingerprint density at radius 2 is 0.691 bits per heavy atom. The summed E-state index contributed by atoms with van der Waals surface area (Å²) in [6.07, 6.45) is 0. The normalized spacial score (nSPS) is 10.9. The topological polar surface area (TPSA) is 181 Å². The molecule has 0 aliphatic carbocycles. The highest BCUT2D eigenvalue weighted by Crippen LogP contribution is 2.47. The second kappa shape index (κ2) is 24.1. The molecule has 0 aliphatic rings. The Labute approximate surface area is 556 Å². The first-order valence-corrected chi connectivity index (χ1v) is 30.6. The third kappa shape index (κ3) is 10.2. The molecule has 97 heavy (non-hydrogen) atoms. The van der Waals surface area contributed by atoms with Crippen LogP contribution in [0.1, 0.15) is 33.4 Å². The third-order valence-corrected chi connectivity index (χ3v) is 17.7. The smallest absolute Gasteiger partial charge is 0.188 e. The van der Waals surface area contributed by atoms with Crippen LogP contribution in [0, 0.1) is 83.3 Å². The summed E-state index contributed by atoms with van der Waals surface area (Å²) in [6.45, 7) is 25.8. The highest BCUT2D eigenvalue weighted by atomic mass is 15.0. The Morgan fingerprint density at radius 1 is 0.309 bits per heavy atom. The summed E-state index contributed by atoms with van der Waals surface area (Å²) in [5, 5.41) is 54.6. The Bertz CT molecular complexity index is 5930. The van der Waals surface area contributed by atoms with Crippen molar-refractivity contribution >= 4 is 60.7 Å². The highest BCUT2D eigenvalue weighted by molar-refractivity contribution is 6.14. The molecule has 0 N–H and O–H groups in total. The van der Waals surface area contributed by atoms with Crippen molar-refractivity contribution in [2.45, 2.75) is 6.92 Å². The summed E-state index contributed by atoms with van der Waals surface area (Å²) >= 11 is 0. The molecule has 444 valence electrons. The maximum absolute atomic E-state index is 10.5. The van der Waals surface area contributed by atoms with Gasteiger partial charge in [-0.05, 0) is 161 Å². The van der Waals surface area contributed by atoms with E-state index in [0.717, 1.165) is 105 Å². The van der Waals surface area contributed by atoms with Crippen molar-refractivity contribution in [2.24, 2.45) is 0 Å². The zero-order chi connectivity index (χ0) is 66.4. The van der Waals surface area contributed by atoms with Crippen LogP contribution in [-0.2, 0) is 0 Å². The van der Waals surface area contributed by atoms with Crippen LogP contribution in [0.5, 0.6) is 0 Å². The van der Waals surface area contributed by atoms with Crippen LogP contribution >= 0.6 is 0 Å². The predicted octanol–water partition coefficient (Wildman–Crippen LogP) is 20.7. The fraction of sp³-hybridized carbons (Fsp3) is 0.0119. The van der Waals surface area contributed by atoms with Crippen LogP contribution in [0.3, 0.4) is 0 Å². The molecular weight excluding hydrogens is 1190 g/mol. The third-order valence-electron chi connectivity index (χ3n) is 17.7. The van der Waals surface area contributed by atoms with Crippen LogP contribution < -0.4 is 0 Å². The molecular formula is C84H43N13. The lowest BCUT2D eigenvalue weighted by Gasteiger charge is -2.20. The maximum Gasteiger partial charge on any atom is 0.188 e. The van der Waals surface area contributed by atoms with Crippen LogP contribution in [0.2, 0.25) is 0 Å². The minimum Gasteiger partial charge on any atom is -0.309 e. The quantitative estimate of drug-likeness (QED) is 0.121. The number of aryl methyl sites for hydroxylation is 1. The molecule has 0 aliphatic heterocycles. The van der Waals surface area contributed by atoms with E-state index >= 15 is 0 Å². The Morgan fingerprint density at radius 3 is 1.12 bits per heavy atom. The number of nitriles is 5. The Hall–Kier alpha value is -14.8. The van der Waals surface area contributed by atoms with Gasteiger partial charge in [0.15, 0.2) is 34.5 Å². The van der Waals surface area contributed by atoms with E-state index in [1.807, 2.05) is 103 Å². The minimum absolute atomic E-state index is 0.338. The molecule has 0 fully saturated rings. The molecule has 0 atom stereocenters. The van der Waals surface area contributed by atoms with Gasteiger partial charge in [-0.2, -0.15) is 26.3 Å². The van der Waals surface area contributed by atoms with Crippen molar-refractivity contribution in [3.63, 3.8) is 0 Å². The molecule has 3 heterocycles. The maximum atomic E-state index is 10.5. The summed E-state index contributed by atoms with van der Waals surface area (Å²) in [5.74, 6) is 1.41. The van der Waals surface area contributed by atoms with Gasteiger partial charge in [-0.15, -0.1) is 0 Å². The van der Waals surface area contributed by atoms with Crippen molar-refractivity contribution in [2.75, 3.05) is 0 Å². The zero-order valence-electron chi connectivity index (χ0n) is 51.4. The average molecular weight is 1230 g/mol. The van der Waals surface area contributed by atoms with Gasteiger partial charge in [0.25, 0.3) is 0 Å². The summed E-state index contributed by atoms with van der Waals surface area (Å²) in [7, 11) is 0. The molecule has 3 aromatic heterocycles. The van der Waals surface area contributed by atoms with Crippen molar-refractivity contribution in [1.82, 2.24) is 24.1 Å². The van der Waals surface area contributed by atoms with Gasteiger partial charge in [-0.25, -0.2) is 29.5 Å². The van der Waals surface area contributed by atoms with E-state index in [1.54, 1.807) is 60.7 Å². The van der Waals surface area contributed by atoms with Gasteiger partial charge < -0.3 is 9.13 Å². The summed E-state index contributed by atoms with van der Waals surface area (Å²) in [5.41, 5.74) is 18.2. The molecule has 0 radical (unpaired) electrons. The first-order chi connectivity index (χ1) is 47.6. The monoisotopic (exact) mass is 1230 g/mol. The Balaban J connectivity index is 1.04. The fourth-order valence-corrected chi connectivity index (χ4v) is 13.1. The van der Waals surface area contributed by atoms with E-state index < -0.39 is 0 Å². The van der Waals surface area contributed by atoms with Gasteiger partial charge in [0.2, 0.25) is 0 Å². The van der Waals surface area contributed by atoms with Crippen LogP contribution in [0.15, 0.2) is 243 Å². The average Bonchev–Trinajstić information content (AvgIpc) is 1.60. The molecule has 12 aromatic carbocycles. The number of aromatic nitrogens is 5. The largest absolute Gasteiger partial charge is 0.309 e. The molecule has 13 heteroatoms. The second-order valence-electron chi connectivity index (χ2n) is 23.2. The lowest BCUT2D eigenvalue weighted by atomic mass is 9.95. The highest BCUT2D eigenvalue weighted by Gasteiger charge is 2.25. The number of hydrogen-bond donors (Lipinski definition) is 0. The molecule has 0 saturated carbocycles. The zero-order valence-corrected chi connectivity index (χ0v) is 51.4. The molecule has 0 spiro atoms. The van der Waals surface area contributed by atoms with Crippen LogP contribution in [0.4, 0.5) is 17.1 Å². The van der Waals surface area contributed by atoms with Crippen molar-refractivity contribution in [3.05, 3.63) is 310 Å². The van der Waals surface area contributed by atoms with Crippen LogP contribution in [-0.4, -0.2) is 24.1 Å². The summed E-state index contributed by atoms with van der Waals surface area (Å²) in [6, 6.07) is 88.6. The van der Waals surface area contributed by atoms with E-state index in [4.69, 9.17) is 34.7 Å². The van der Waals surface area contributed by atoms with Gasteiger partial charge in [0.05, 0.1) is 106 Å². The van der Waals surface area contributed by atoms with Crippen molar-refractivity contribution < 1.29 is 0 Å². The lowest BCUT2D eigenvalue weighted by Crippen LogP contribution is -2.04. The molecule has 0 saturated heterocycles. The SMILES string of the molecule is [C-]#[N+]c1ccc(-c2ccc3c(c2)c2cc(-c4ccc([N+]#[C-])cc4[N+]#[C-])ccc2n3-c2ccc(-c3nc(-c4ccccc4)nc(-c4ccccc4)n3)cc2-c2cc(C)ccc2-n2c3ccc(-c4ccc(C#N)cc4C#N)cc3c3cc(-c4ccc(C#N)cc4C#N)ccc32)c(C#N)c1. The first-order valence-electron chi connectivity index (χ1n) is 30.6. The number of hydrogen-bond acceptors (Lipinski definition) is 8. The van der Waals surface area contributed by atoms with E-state index in [2.05, 4.69) is 140 Å². The van der Waals surface area contributed by atoms with Crippen molar-refractivity contribution in [1.29, 1.82) is 26.3 Å². The summed E-state index contributed by atoms with van der Waals surface area (Å²) in [4.78, 5) is 26.7. The van der Waals surface area contributed by atoms with Gasteiger partial charge in [0.1, 0.15) is 0 Å². The van der Waals surface area contributed by atoms with Crippen molar-refractivity contribution in [3.8, 4) is 132 Å². The molecule has 13 nitrogen and oxygen atoms in total. The van der Waals surface area contributed by atoms with Gasteiger partial charge in [-0.1, -0.05) is 139 Å². The fourth-order valence-electron chi connectivity index (χ4n) is 13.1. The molecule has 15 rings (SSSR count). The van der Waals surface area contributed by atoms with Gasteiger partial charge in [0, 0.05) is 54.9 Å². The standard InChI is InChI=1S/C84H43N13/c1-50-15-29-76(96-77-30-18-55(65-25-16-51(45-85)36-60(65)47-87)39-70(77)71-40-56(19-31-78(71)96)66-26-17-52(46-86)37-61(66)48-88)69(35-50)74-43-59(84-94-82(53-11-7-5-8-12-53)93-83(95-84)54-13-9-6-10-14-54)22-34-81(74)97-79-32-20-57(67-27-23-63(90-2)38-62(67)49-89)41-72(79)73-42-58(21-33-80(73)97)68-28-24-64(91-3)44-75(68)92-4/h5-44H,1H3. The van der Waals surface area contributed by atoms with E-state index in [1.165, 1.54) is 0 Å². The van der Waals surface area contributed by atoms with Gasteiger partial charge in [-0.3, -0.25) is 0 Å². The molecule has 15 aromatic rings. The molecule has 0 unspecified atom stereocenters. The molecule has 0 amide bonds. The minimum atomic E-state index is 0.338. The number of benzene rings is 12. The second-order valence-corrected chi connectivity index (χ2v) is 23.2. The van der Waals surface area contributed by atoms with Crippen LogP contribution in [0.25, 0.3) is 159 Å². The van der Waals surface area contributed by atoms with E-state index in [-0.39, 0.29) is 0 Å². The first kappa shape index (κ1) is 58.5. The van der Waals surface area contributed by atoms with E-state index in [0.29, 0.717) is 90.2 Å². The number of nitrogens with zero attached hydrogens (tertiary/aromatic N) is 13. The van der Waals surface area contributed by atoms with Gasteiger partial charge >= 0.3 is 0 Å².